The molecule has 0 saturated carbocycles. The van der Waals surface area contributed by atoms with E-state index in [0.29, 0.717) is 0 Å². The van der Waals surface area contributed by atoms with Gasteiger partial charge in [-0.3, -0.25) is 0 Å². The summed E-state index contributed by atoms with van der Waals surface area (Å²) in [5.74, 6) is 0. The quantitative estimate of drug-likeness (QED) is 0.439. The van der Waals surface area contributed by atoms with E-state index < -0.39 is 0 Å². The van der Waals surface area contributed by atoms with Crippen LogP contribution in [0.15, 0.2) is 17.0 Å². The second-order valence-electron chi connectivity index (χ2n) is 1.63. The first-order valence-corrected chi connectivity index (χ1v) is 2.49. The highest BCUT2D eigenvalue weighted by atomic mass is 15.3. The van der Waals surface area contributed by atoms with Crippen molar-refractivity contribution < 1.29 is 4.70 Å². The van der Waals surface area contributed by atoms with Gasteiger partial charge in [0.1, 0.15) is 0 Å². The normalized spacial score (nSPS) is 17.4. The first-order valence-electron chi connectivity index (χ1n) is 2.49. The van der Waals surface area contributed by atoms with Crippen molar-refractivity contribution >= 4 is 0 Å². The molecule has 0 aromatic heterocycles. The van der Waals surface area contributed by atoms with Crippen LogP contribution in [0.5, 0.6) is 0 Å². The minimum atomic E-state index is 0.997. The molecule has 7 heavy (non-hydrogen) atoms. The Morgan fingerprint density at radius 3 is 2.57 bits per heavy atom. The molecular weight excluding hydrogens is 88.1 g/mol. The highest BCUT2D eigenvalue weighted by molar-refractivity contribution is 4.90. The molecule has 0 unspecified atom stereocenters. The van der Waals surface area contributed by atoms with Crippen molar-refractivity contribution in [3.63, 3.8) is 0 Å². The molecule has 0 bridgehead atoms. The topological polar surface area (TPSA) is 15.4 Å². The van der Waals surface area contributed by atoms with Crippen LogP contribution in [0.25, 0.3) is 0 Å². The second-order valence-corrected chi connectivity index (χ2v) is 1.63. The van der Waals surface area contributed by atoms with Crippen molar-refractivity contribution in [2.75, 3.05) is 6.54 Å². The zero-order valence-corrected chi connectivity index (χ0v) is 4.68. The molecule has 0 aromatic rings. The van der Waals surface area contributed by atoms with E-state index in [2.05, 4.69) is 12.0 Å². The van der Waals surface area contributed by atoms with Gasteiger partial charge in [-0.25, -0.2) is 0 Å². The fraction of sp³-hybridized carbons (Fsp3) is 0.600. The molecule has 0 N–H and O–H groups in total. The van der Waals surface area contributed by atoms with Crippen molar-refractivity contribution in [2.45, 2.75) is 13.8 Å². The van der Waals surface area contributed by atoms with E-state index in [1.807, 2.05) is 17.8 Å². The van der Waals surface area contributed by atoms with Crippen molar-refractivity contribution in [3.8, 4) is 0 Å². The highest BCUT2D eigenvalue weighted by Gasteiger charge is 2.10. The Hall–Kier alpha value is -0.660. The summed E-state index contributed by atoms with van der Waals surface area (Å²) in [5.41, 5.74) is 1.13. The smallest absolute Gasteiger partial charge is 0.0889 e. The van der Waals surface area contributed by atoms with Crippen LogP contribution < -0.4 is 0 Å². The van der Waals surface area contributed by atoms with Gasteiger partial charge in [-0.05, 0) is 13.8 Å². The lowest BCUT2D eigenvalue weighted by molar-refractivity contribution is -0.543. The Labute approximate surface area is 43.2 Å². The van der Waals surface area contributed by atoms with E-state index in [1.165, 1.54) is 0 Å². The van der Waals surface area contributed by atoms with Crippen LogP contribution in [-0.4, -0.2) is 11.2 Å². The lowest BCUT2D eigenvalue weighted by atomic mass is 10.5. The van der Waals surface area contributed by atoms with E-state index in [1.54, 1.807) is 0 Å². The first-order chi connectivity index (χ1) is 3.33. The largest absolute Gasteiger partial charge is 0.223 e. The highest BCUT2D eigenvalue weighted by Crippen LogP contribution is 2.05. The van der Waals surface area contributed by atoms with Gasteiger partial charge in [-0.2, -0.15) is 0 Å². The summed E-state index contributed by atoms with van der Waals surface area (Å²) in [7, 11) is 0. The van der Waals surface area contributed by atoms with Crippen LogP contribution in [-0.2, 0) is 0 Å². The standard InChI is InChI=1S/C5H9N2/c1-3-7-4-5(2)6-7/h4H,3H2,1-2H3/q+1. The molecule has 1 rings (SSSR count). The second kappa shape index (κ2) is 1.45. The van der Waals surface area contributed by atoms with Gasteiger partial charge in [0, 0.05) is 5.11 Å². The zero-order valence-electron chi connectivity index (χ0n) is 4.68. The predicted molar refractivity (Wildman–Crippen MR) is 27.0 cm³/mol. The number of nitrogens with zero attached hydrogens (tertiary/aromatic N) is 2. The number of allylic oxidation sites excluding steroid dienone is 1. The third-order valence-electron chi connectivity index (χ3n) is 0.946. The van der Waals surface area contributed by atoms with Crippen molar-refractivity contribution in [1.82, 2.24) is 0 Å². The van der Waals surface area contributed by atoms with Gasteiger partial charge >= 0.3 is 0 Å². The van der Waals surface area contributed by atoms with Gasteiger partial charge in [0.2, 0.25) is 6.20 Å². The number of hydrogen-bond acceptors (Lipinski definition) is 1. The van der Waals surface area contributed by atoms with Gasteiger partial charge in [0.15, 0.2) is 12.2 Å². The van der Waals surface area contributed by atoms with Gasteiger partial charge in [-0.15, -0.1) is 0 Å². The van der Waals surface area contributed by atoms with Crippen molar-refractivity contribution in [3.05, 3.63) is 11.9 Å². The summed E-state index contributed by atoms with van der Waals surface area (Å²) in [6.07, 6.45) is 2.03. The molecule has 0 radical (unpaired) electrons. The Bertz CT molecular complexity index is 133. The average molecular weight is 97.1 g/mol. The Kier molecular flexibility index (Phi) is 0.929. The van der Waals surface area contributed by atoms with Crippen molar-refractivity contribution in [2.24, 2.45) is 5.11 Å². The zero-order chi connectivity index (χ0) is 5.28. The number of azo groups is 2. The maximum absolute atomic E-state index is 4.03. The molecule has 1 aliphatic rings. The molecule has 1 heterocycles. The molecule has 0 aromatic carbocycles. The van der Waals surface area contributed by atoms with Crippen LogP contribution in [0, 0.1) is 0 Å². The summed E-state index contributed by atoms with van der Waals surface area (Å²) in [5, 5.41) is 4.03. The lowest BCUT2D eigenvalue weighted by Crippen LogP contribution is -2.07. The third-order valence-corrected chi connectivity index (χ3v) is 0.946. The molecule has 0 saturated heterocycles. The summed E-state index contributed by atoms with van der Waals surface area (Å²) >= 11 is 0. The van der Waals surface area contributed by atoms with E-state index in [0.717, 1.165) is 12.2 Å². The SMILES string of the molecule is CC[N+]1=NC(C)=C1. The summed E-state index contributed by atoms with van der Waals surface area (Å²) in [6, 6.07) is 0. The minimum Gasteiger partial charge on any atom is -0.0889 e. The fourth-order valence-electron chi connectivity index (χ4n) is 0.579. The number of rotatable bonds is 1. The van der Waals surface area contributed by atoms with Gasteiger partial charge in [0.25, 0.3) is 0 Å². The Morgan fingerprint density at radius 2 is 2.43 bits per heavy atom. The summed E-state index contributed by atoms with van der Waals surface area (Å²) in [6.45, 7) is 5.07. The van der Waals surface area contributed by atoms with Crippen LogP contribution in [0.1, 0.15) is 13.8 Å². The molecule has 0 spiro atoms. The summed E-state index contributed by atoms with van der Waals surface area (Å²) in [4.78, 5) is 0. The maximum Gasteiger partial charge on any atom is 0.223 e. The molecule has 0 fully saturated rings. The number of hydrogen-bond donors (Lipinski definition) is 0. The molecule has 0 amide bonds. The lowest BCUT2D eigenvalue weighted by Gasteiger charge is -1.96. The first kappa shape index (κ1) is 4.50. The monoisotopic (exact) mass is 97.1 g/mol. The van der Waals surface area contributed by atoms with E-state index in [4.69, 9.17) is 0 Å². The minimum absolute atomic E-state index is 0.997. The fourth-order valence-corrected chi connectivity index (χ4v) is 0.579. The molecule has 2 heteroatoms. The molecule has 0 aliphatic carbocycles. The van der Waals surface area contributed by atoms with E-state index in [9.17, 15) is 0 Å². The van der Waals surface area contributed by atoms with Crippen LogP contribution in [0.2, 0.25) is 0 Å². The molecular formula is C5H9N2+. The Morgan fingerprint density at radius 1 is 1.86 bits per heavy atom. The van der Waals surface area contributed by atoms with Gasteiger partial charge < -0.3 is 0 Å². The van der Waals surface area contributed by atoms with Crippen molar-refractivity contribution in [1.29, 1.82) is 0 Å². The van der Waals surface area contributed by atoms with Gasteiger partial charge in [-0.1, -0.05) is 4.70 Å². The van der Waals surface area contributed by atoms with Crippen LogP contribution >= 0.6 is 0 Å². The third kappa shape index (κ3) is 0.683. The van der Waals surface area contributed by atoms with Gasteiger partial charge in [0.05, 0.1) is 0 Å². The molecule has 0 atom stereocenters. The average Bonchev–Trinajstić information content (AvgIpc) is 1.58. The van der Waals surface area contributed by atoms with Crippen LogP contribution in [0.4, 0.5) is 0 Å². The van der Waals surface area contributed by atoms with E-state index in [-0.39, 0.29) is 0 Å². The van der Waals surface area contributed by atoms with Crippen LogP contribution in [0.3, 0.4) is 0 Å². The molecule has 38 valence electrons. The molecule has 2 nitrogen and oxygen atoms in total. The maximum atomic E-state index is 4.03. The summed E-state index contributed by atoms with van der Waals surface area (Å²) < 4.78 is 1.91. The predicted octanol–water partition coefficient (Wildman–Crippen LogP) is 1.35. The van der Waals surface area contributed by atoms with E-state index >= 15 is 0 Å². The molecule has 1 aliphatic heterocycles. The Balaban J connectivity index is 2.41.